The minimum atomic E-state index is -0.263. The molecule has 28 heavy (non-hydrogen) atoms. The van der Waals surface area contributed by atoms with Crippen LogP contribution < -0.4 is 0 Å². The Bertz CT molecular complexity index is 1010. The minimum absolute atomic E-state index is 0.167. The highest BCUT2D eigenvalue weighted by atomic mass is 16.3. The van der Waals surface area contributed by atoms with Crippen LogP contribution in [0.3, 0.4) is 0 Å². The molecule has 0 saturated heterocycles. The van der Waals surface area contributed by atoms with Crippen molar-refractivity contribution in [3.63, 3.8) is 0 Å². The summed E-state index contributed by atoms with van der Waals surface area (Å²) in [6.45, 7) is 0. The Morgan fingerprint density at radius 3 is 1.96 bits per heavy atom. The molecule has 0 unspecified atom stereocenters. The van der Waals surface area contributed by atoms with Gasteiger partial charge in [-0.1, -0.05) is 72.8 Å². The number of allylic oxidation sites excluding steroid dienone is 2. The lowest BCUT2D eigenvalue weighted by Crippen LogP contribution is -2.01. The summed E-state index contributed by atoms with van der Waals surface area (Å²) in [5, 5.41) is 9.24. The summed E-state index contributed by atoms with van der Waals surface area (Å²) in [6.07, 6.45) is 6.00. The molecule has 0 aliphatic heterocycles. The van der Waals surface area contributed by atoms with Gasteiger partial charge in [-0.25, -0.2) is 0 Å². The van der Waals surface area contributed by atoms with Crippen molar-refractivity contribution in [3.8, 4) is 16.9 Å². The van der Waals surface area contributed by atoms with E-state index in [0.717, 1.165) is 22.3 Å². The molecule has 0 saturated carbocycles. The predicted molar refractivity (Wildman–Crippen MR) is 113 cm³/mol. The van der Waals surface area contributed by atoms with Crippen LogP contribution in [0, 0.1) is 0 Å². The molecule has 0 amide bonds. The predicted octanol–water partition coefficient (Wildman–Crippen LogP) is 5.31. The number of phenolic OH excluding ortho intramolecular Hbond substituents is 1. The first kappa shape index (κ1) is 19.1. The van der Waals surface area contributed by atoms with Crippen LogP contribution in [-0.4, -0.2) is 16.7 Å². The number of phenols is 1. The maximum absolute atomic E-state index is 12.1. The first-order valence-corrected chi connectivity index (χ1v) is 8.96. The molecular weight excluding hydrogens is 348 g/mol. The lowest BCUT2D eigenvalue weighted by molar-refractivity contribution is -0.121. The van der Waals surface area contributed by atoms with Gasteiger partial charge < -0.3 is 5.11 Å². The highest BCUT2D eigenvalue weighted by Crippen LogP contribution is 2.20. The van der Waals surface area contributed by atoms with Crippen molar-refractivity contribution in [2.24, 2.45) is 0 Å². The second-order valence-electron chi connectivity index (χ2n) is 6.36. The van der Waals surface area contributed by atoms with E-state index in [-0.39, 0.29) is 23.7 Å². The summed E-state index contributed by atoms with van der Waals surface area (Å²) >= 11 is 0. The number of hydrogen-bond acceptors (Lipinski definition) is 3. The summed E-state index contributed by atoms with van der Waals surface area (Å²) in [6, 6.07) is 24.4. The molecule has 0 aliphatic carbocycles. The van der Waals surface area contributed by atoms with Crippen LogP contribution in [0.25, 0.3) is 23.3 Å². The molecule has 0 radical (unpaired) electrons. The Hall–Kier alpha value is -3.72. The molecule has 0 spiro atoms. The highest BCUT2D eigenvalue weighted by molar-refractivity contribution is 6.10. The molecule has 3 heteroatoms. The molecule has 3 nitrogen and oxygen atoms in total. The Morgan fingerprint density at radius 2 is 1.29 bits per heavy atom. The SMILES string of the molecule is O=C(/C=C/c1ccc(O)cc1)CC(=O)/C=C/c1cccc(-c2ccccc2)c1. The van der Waals surface area contributed by atoms with Gasteiger partial charge in [0.15, 0.2) is 11.6 Å². The van der Waals surface area contributed by atoms with E-state index >= 15 is 0 Å². The number of benzene rings is 3. The van der Waals surface area contributed by atoms with Crippen LogP contribution in [0.15, 0.2) is 91.0 Å². The number of hydrogen-bond donors (Lipinski definition) is 1. The minimum Gasteiger partial charge on any atom is -0.508 e. The largest absolute Gasteiger partial charge is 0.508 e. The molecule has 0 heterocycles. The third kappa shape index (κ3) is 5.64. The van der Waals surface area contributed by atoms with Gasteiger partial charge in [0.05, 0.1) is 6.42 Å². The van der Waals surface area contributed by atoms with Gasteiger partial charge in [0.2, 0.25) is 0 Å². The van der Waals surface area contributed by atoms with Crippen molar-refractivity contribution < 1.29 is 14.7 Å². The van der Waals surface area contributed by atoms with Gasteiger partial charge in [-0.2, -0.15) is 0 Å². The molecule has 1 N–H and O–H groups in total. The van der Waals surface area contributed by atoms with Crippen LogP contribution >= 0.6 is 0 Å². The maximum Gasteiger partial charge on any atom is 0.163 e. The molecule has 0 aliphatic rings. The third-order valence-corrected chi connectivity index (χ3v) is 4.16. The van der Waals surface area contributed by atoms with Gasteiger partial charge in [0, 0.05) is 0 Å². The lowest BCUT2D eigenvalue weighted by atomic mass is 10.0. The van der Waals surface area contributed by atoms with Crippen LogP contribution in [0.2, 0.25) is 0 Å². The molecule has 0 bridgehead atoms. The summed E-state index contributed by atoms with van der Waals surface area (Å²) in [4.78, 5) is 24.0. The fraction of sp³-hybridized carbons (Fsp3) is 0.0400. The number of rotatable bonds is 7. The summed E-state index contributed by atoms with van der Waals surface area (Å²) in [7, 11) is 0. The average Bonchev–Trinajstić information content (AvgIpc) is 2.73. The summed E-state index contributed by atoms with van der Waals surface area (Å²) in [5.74, 6) is -0.341. The summed E-state index contributed by atoms with van der Waals surface area (Å²) < 4.78 is 0. The van der Waals surface area contributed by atoms with Gasteiger partial charge in [0.1, 0.15) is 5.75 Å². The summed E-state index contributed by atoms with van der Waals surface area (Å²) in [5.41, 5.74) is 3.87. The monoisotopic (exact) mass is 368 g/mol. The number of ketones is 2. The van der Waals surface area contributed by atoms with E-state index in [1.54, 1.807) is 36.4 Å². The number of carbonyl (C=O) groups is 2. The van der Waals surface area contributed by atoms with Crippen LogP contribution in [0.1, 0.15) is 17.5 Å². The molecule has 0 atom stereocenters. The Morgan fingerprint density at radius 1 is 0.679 bits per heavy atom. The van der Waals surface area contributed by atoms with Crippen molar-refractivity contribution in [2.45, 2.75) is 6.42 Å². The van der Waals surface area contributed by atoms with Crippen LogP contribution in [0.4, 0.5) is 0 Å². The van der Waals surface area contributed by atoms with Gasteiger partial charge >= 0.3 is 0 Å². The van der Waals surface area contributed by atoms with Gasteiger partial charge in [-0.05, 0) is 52.6 Å². The fourth-order valence-corrected chi connectivity index (χ4v) is 2.71. The second-order valence-corrected chi connectivity index (χ2v) is 6.36. The lowest BCUT2D eigenvalue weighted by Gasteiger charge is -2.02. The zero-order chi connectivity index (χ0) is 19.8. The van der Waals surface area contributed by atoms with E-state index in [4.69, 9.17) is 0 Å². The number of aromatic hydroxyl groups is 1. The average molecular weight is 368 g/mol. The second kappa shape index (κ2) is 9.28. The van der Waals surface area contributed by atoms with Crippen molar-refractivity contribution in [1.82, 2.24) is 0 Å². The van der Waals surface area contributed by atoms with Gasteiger partial charge in [-0.15, -0.1) is 0 Å². The van der Waals surface area contributed by atoms with E-state index in [1.807, 2.05) is 54.6 Å². The Labute approximate surface area is 164 Å². The van der Waals surface area contributed by atoms with Crippen molar-refractivity contribution in [1.29, 1.82) is 0 Å². The van der Waals surface area contributed by atoms with E-state index in [9.17, 15) is 14.7 Å². The molecule has 3 aromatic carbocycles. The van der Waals surface area contributed by atoms with Crippen molar-refractivity contribution >= 4 is 23.7 Å². The maximum atomic E-state index is 12.1. The normalized spacial score (nSPS) is 11.1. The molecule has 0 fully saturated rings. The molecule has 138 valence electrons. The van der Waals surface area contributed by atoms with Gasteiger partial charge in [0.25, 0.3) is 0 Å². The molecule has 0 aromatic heterocycles. The standard InChI is InChI=1S/C25H20O3/c26-23-13-9-19(10-14-23)11-15-24(27)18-25(28)16-12-20-5-4-8-22(17-20)21-6-2-1-3-7-21/h1-17,26H,18H2/b15-11+,16-12+. The van der Waals surface area contributed by atoms with E-state index < -0.39 is 0 Å². The van der Waals surface area contributed by atoms with E-state index in [2.05, 4.69) is 0 Å². The molecule has 3 rings (SSSR count). The zero-order valence-corrected chi connectivity index (χ0v) is 15.3. The fourth-order valence-electron chi connectivity index (χ4n) is 2.71. The van der Waals surface area contributed by atoms with Crippen molar-refractivity contribution in [2.75, 3.05) is 0 Å². The Balaban J connectivity index is 1.59. The first-order valence-electron chi connectivity index (χ1n) is 8.96. The topological polar surface area (TPSA) is 54.4 Å². The quantitative estimate of drug-likeness (QED) is 0.454. The van der Waals surface area contributed by atoms with Crippen LogP contribution in [0.5, 0.6) is 5.75 Å². The number of carbonyl (C=O) groups excluding carboxylic acids is 2. The molecular formula is C25H20O3. The van der Waals surface area contributed by atoms with Gasteiger partial charge in [-0.3, -0.25) is 9.59 Å². The van der Waals surface area contributed by atoms with E-state index in [1.165, 1.54) is 12.2 Å². The molecule has 3 aromatic rings. The Kier molecular flexibility index (Phi) is 6.32. The van der Waals surface area contributed by atoms with E-state index in [0.29, 0.717) is 0 Å². The third-order valence-electron chi connectivity index (χ3n) is 4.16. The first-order chi connectivity index (χ1) is 13.6. The smallest absolute Gasteiger partial charge is 0.163 e. The van der Waals surface area contributed by atoms with Crippen LogP contribution in [-0.2, 0) is 9.59 Å². The highest BCUT2D eigenvalue weighted by Gasteiger charge is 2.04. The van der Waals surface area contributed by atoms with Crippen molar-refractivity contribution in [3.05, 3.63) is 102 Å². The zero-order valence-electron chi connectivity index (χ0n) is 15.3.